The average molecular weight is 406 g/mol. The largest absolute Gasteiger partial charge is 0.484 e. The second-order valence-corrected chi connectivity index (χ2v) is 6.30. The van der Waals surface area contributed by atoms with Crippen molar-refractivity contribution < 1.29 is 19.1 Å². The number of rotatable bonds is 7. The minimum absolute atomic E-state index is 0.0640. The van der Waals surface area contributed by atoms with Crippen LogP contribution >= 0.6 is 15.9 Å². The third-order valence-corrected chi connectivity index (χ3v) is 4.19. The van der Waals surface area contributed by atoms with Crippen molar-refractivity contribution in [2.24, 2.45) is 0 Å². The van der Waals surface area contributed by atoms with Crippen molar-refractivity contribution in [1.29, 1.82) is 0 Å². The van der Waals surface area contributed by atoms with Gasteiger partial charge in [0.05, 0.1) is 18.7 Å². The van der Waals surface area contributed by atoms with Gasteiger partial charge in [-0.05, 0) is 48.4 Å². The van der Waals surface area contributed by atoms with Crippen molar-refractivity contribution >= 4 is 27.8 Å². The molecule has 2 aromatic carbocycles. The lowest BCUT2D eigenvalue weighted by Gasteiger charge is -2.18. The first-order valence-electron chi connectivity index (χ1n) is 7.89. The van der Waals surface area contributed by atoms with Gasteiger partial charge in [0.2, 0.25) is 0 Å². The fourth-order valence-corrected chi connectivity index (χ4v) is 2.57. The molecule has 0 radical (unpaired) electrons. The van der Waals surface area contributed by atoms with E-state index in [-0.39, 0.29) is 18.6 Å². The summed E-state index contributed by atoms with van der Waals surface area (Å²) < 4.78 is 11.1. The first-order valence-corrected chi connectivity index (χ1v) is 8.68. The summed E-state index contributed by atoms with van der Waals surface area (Å²) in [5.74, 6) is -0.101. The van der Waals surface area contributed by atoms with Crippen LogP contribution in [0.5, 0.6) is 5.75 Å². The fourth-order valence-electron chi connectivity index (χ4n) is 2.31. The number of carbonyl (C=O) groups is 2. The predicted octanol–water partition coefficient (Wildman–Crippen LogP) is 3.88. The molecule has 6 heteroatoms. The number of hydrogen-bond acceptors (Lipinski definition) is 4. The number of ether oxygens (including phenoxy) is 2. The van der Waals surface area contributed by atoms with Gasteiger partial charge < -0.3 is 14.8 Å². The summed E-state index contributed by atoms with van der Waals surface area (Å²) in [6.07, 6.45) is 0.779. The quantitative estimate of drug-likeness (QED) is 0.709. The van der Waals surface area contributed by atoms with E-state index in [2.05, 4.69) is 26.0 Å². The van der Waals surface area contributed by atoms with E-state index in [1.165, 1.54) is 7.11 Å². The van der Waals surface area contributed by atoms with E-state index in [0.29, 0.717) is 11.3 Å². The van der Waals surface area contributed by atoms with Crippen LogP contribution in [-0.2, 0) is 9.53 Å². The molecule has 25 heavy (non-hydrogen) atoms. The molecule has 0 aliphatic carbocycles. The zero-order valence-corrected chi connectivity index (χ0v) is 15.7. The van der Waals surface area contributed by atoms with Gasteiger partial charge >= 0.3 is 5.97 Å². The Labute approximate surface area is 155 Å². The highest BCUT2D eigenvalue weighted by Crippen LogP contribution is 2.19. The number of methoxy groups -OCH3 is 1. The third kappa shape index (κ3) is 5.60. The number of esters is 1. The lowest BCUT2D eigenvalue weighted by atomic mass is 10.0. The van der Waals surface area contributed by atoms with Crippen molar-refractivity contribution in [2.75, 3.05) is 13.7 Å². The maximum Gasteiger partial charge on any atom is 0.337 e. The standard InChI is InChI=1S/C19H20BrNO4/c1-3-17(13-4-8-15(20)9-5-13)21-18(22)12-25-16-10-6-14(7-11-16)19(23)24-2/h4-11,17H,3,12H2,1-2H3,(H,21,22)/t17-/m0/s1. The summed E-state index contributed by atoms with van der Waals surface area (Å²) in [4.78, 5) is 23.5. The highest BCUT2D eigenvalue weighted by molar-refractivity contribution is 9.10. The van der Waals surface area contributed by atoms with Crippen LogP contribution in [0, 0.1) is 0 Å². The van der Waals surface area contributed by atoms with Crippen LogP contribution in [0.25, 0.3) is 0 Å². The molecular formula is C19H20BrNO4. The van der Waals surface area contributed by atoms with Gasteiger partial charge in [0.15, 0.2) is 6.61 Å². The molecule has 5 nitrogen and oxygen atoms in total. The number of halogens is 1. The number of amides is 1. The second kappa shape index (κ2) is 9.22. The first kappa shape index (κ1) is 19.0. The predicted molar refractivity (Wildman–Crippen MR) is 98.6 cm³/mol. The molecular weight excluding hydrogens is 386 g/mol. The summed E-state index contributed by atoms with van der Waals surface area (Å²) in [7, 11) is 1.33. The van der Waals surface area contributed by atoms with E-state index in [4.69, 9.17) is 4.74 Å². The Hall–Kier alpha value is -2.34. The van der Waals surface area contributed by atoms with E-state index in [0.717, 1.165) is 16.5 Å². The molecule has 0 saturated carbocycles. The van der Waals surface area contributed by atoms with Gasteiger partial charge in [0, 0.05) is 4.47 Å². The van der Waals surface area contributed by atoms with Crippen molar-refractivity contribution in [3.8, 4) is 5.75 Å². The topological polar surface area (TPSA) is 64.6 Å². The Morgan fingerprint density at radius 2 is 1.72 bits per heavy atom. The van der Waals surface area contributed by atoms with Crippen molar-refractivity contribution in [3.05, 3.63) is 64.1 Å². The van der Waals surface area contributed by atoms with E-state index in [1.807, 2.05) is 31.2 Å². The Morgan fingerprint density at radius 1 is 1.08 bits per heavy atom. The van der Waals surface area contributed by atoms with Gasteiger partial charge in [-0.2, -0.15) is 0 Å². The molecule has 1 atom stereocenters. The SMILES string of the molecule is CC[C@H](NC(=O)COc1ccc(C(=O)OC)cc1)c1ccc(Br)cc1. The smallest absolute Gasteiger partial charge is 0.337 e. The van der Waals surface area contributed by atoms with Gasteiger partial charge in [0.25, 0.3) is 5.91 Å². The zero-order valence-electron chi connectivity index (χ0n) is 14.1. The molecule has 2 rings (SSSR count). The van der Waals surface area contributed by atoms with E-state index >= 15 is 0 Å². The van der Waals surface area contributed by atoms with Crippen LogP contribution < -0.4 is 10.1 Å². The van der Waals surface area contributed by atoms with E-state index < -0.39 is 5.97 Å². The molecule has 0 aliphatic heterocycles. The maximum absolute atomic E-state index is 12.1. The number of hydrogen-bond donors (Lipinski definition) is 1. The molecule has 1 amide bonds. The van der Waals surface area contributed by atoms with Crippen LogP contribution in [0.3, 0.4) is 0 Å². The Balaban J connectivity index is 1.88. The Kier molecular flexibility index (Phi) is 7.01. The lowest BCUT2D eigenvalue weighted by Crippen LogP contribution is -2.32. The molecule has 132 valence electrons. The zero-order chi connectivity index (χ0) is 18.2. The highest BCUT2D eigenvalue weighted by Gasteiger charge is 2.13. The molecule has 2 aromatic rings. The Morgan fingerprint density at radius 3 is 2.28 bits per heavy atom. The molecule has 0 saturated heterocycles. The van der Waals surface area contributed by atoms with Crippen LogP contribution in [-0.4, -0.2) is 25.6 Å². The van der Waals surface area contributed by atoms with E-state index in [9.17, 15) is 9.59 Å². The van der Waals surface area contributed by atoms with Crippen LogP contribution in [0.2, 0.25) is 0 Å². The van der Waals surface area contributed by atoms with Crippen LogP contribution in [0.4, 0.5) is 0 Å². The highest BCUT2D eigenvalue weighted by atomic mass is 79.9. The molecule has 0 aliphatic rings. The van der Waals surface area contributed by atoms with Crippen molar-refractivity contribution in [1.82, 2.24) is 5.32 Å². The van der Waals surface area contributed by atoms with Gasteiger partial charge in [-0.3, -0.25) is 4.79 Å². The van der Waals surface area contributed by atoms with Gasteiger partial charge in [0.1, 0.15) is 5.75 Å². The molecule has 0 bridgehead atoms. The summed E-state index contributed by atoms with van der Waals surface area (Å²) in [6.45, 7) is 1.92. The first-order chi connectivity index (χ1) is 12.0. The molecule has 0 unspecified atom stereocenters. The van der Waals surface area contributed by atoms with Crippen LogP contribution in [0.15, 0.2) is 53.0 Å². The minimum Gasteiger partial charge on any atom is -0.484 e. The Bertz CT molecular complexity index is 713. The minimum atomic E-state index is -0.412. The fraction of sp³-hybridized carbons (Fsp3) is 0.263. The summed E-state index contributed by atoms with van der Waals surface area (Å²) in [5.41, 5.74) is 1.47. The molecule has 0 heterocycles. The maximum atomic E-state index is 12.1. The summed E-state index contributed by atoms with van der Waals surface area (Å²) in [5, 5.41) is 2.96. The normalized spacial score (nSPS) is 11.5. The molecule has 0 aromatic heterocycles. The van der Waals surface area contributed by atoms with Gasteiger partial charge in [-0.1, -0.05) is 35.0 Å². The monoisotopic (exact) mass is 405 g/mol. The number of benzene rings is 2. The van der Waals surface area contributed by atoms with Crippen LogP contribution in [0.1, 0.15) is 35.3 Å². The number of nitrogens with one attached hydrogen (secondary N) is 1. The van der Waals surface area contributed by atoms with Gasteiger partial charge in [-0.15, -0.1) is 0 Å². The number of carbonyl (C=O) groups excluding carboxylic acids is 2. The van der Waals surface area contributed by atoms with E-state index in [1.54, 1.807) is 24.3 Å². The lowest BCUT2D eigenvalue weighted by molar-refractivity contribution is -0.123. The average Bonchev–Trinajstić information content (AvgIpc) is 2.65. The third-order valence-electron chi connectivity index (χ3n) is 3.66. The summed E-state index contributed by atoms with van der Waals surface area (Å²) in [6, 6.07) is 14.2. The second-order valence-electron chi connectivity index (χ2n) is 5.38. The van der Waals surface area contributed by atoms with Crippen molar-refractivity contribution in [2.45, 2.75) is 19.4 Å². The molecule has 0 fully saturated rings. The summed E-state index contributed by atoms with van der Waals surface area (Å²) >= 11 is 3.40. The molecule has 0 spiro atoms. The van der Waals surface area contributed by atoms with Crippen molar-refractivity contribution in [3.63, 3.8) is 0 Å². The van der Waals surface area contributed by atoms with Gasteiger partial charge in [-0.25, -0.2) is 4.79 Å². The molecule has 1 N–H and O–H groups in total.